The number of methoxy groups -OCH3 is 1. The molecule has 0 saturated carbocycles. The molecule has 41 heavy (non-hydrogen) atoms. The molecule has 0 N–H and O–H groups in total. The number of fused-ring (bicyclic) bond motifs is 3. The van der Waals surface area contributed by atoms with Crippen LogP contribution < -0.4 is 4.74 Å². The summed E-state index contributed by atoms with van der Waals surface area (Å²) in [5.74, 6) is -14.6. The average Bonchev–Trinajstić information content (AvgIpc) is 3.46. The number of rotatable bonds is 5. The lowest BCUT2D eigenvalue weighted by molar-refractivity contribution is -0.141. The Kier molecular flexibility index (Phi) is 7.38. The maximum absolute atomic E-state index is 14.3. The highest BCUT2D eigenvalue weighted by atomic mass is 35.5. The lowest BCUT2D eigenvalue weighted by Crippen LogP contribution is -2.14. The minimum atomic E-state index is -2.39. The van der Waals surface area contributed by atoms with Crippen LogP contribution in [0.4, 0.5) is 22.0 Å². The van der Waals surface area contributed by atoms with Gasteiger partial charge in [0, 0.05) is 16.1 Å². The fraction of sp³-hybridized carbons (Fsp3) is 0.192. The highest BCUT2D eigenvalue weighted by molar-refractivity contribution is 7.17. The standard InChI is InChI=1S/C26H16ClF5N4O4S/c1-9-15-21(11-4-6-12(27)7-5-11)33-13(8-14(37)39-3)24-35-34-10(2)36(24)25(15)41-23(9)26(38)40-22-19(31)17(29)16(28)18(30)20(22)32/h4-7,13H,8H2,1-3H3/t13-/m0/s1. The molecule has 4 aromatic rings. The summed E-state index contributed by atoms with van der Waals surface area (Å²) in [5.41, 5.74) is 1.41. The maximum atomic E-state index is 14.3. The van der Waals surface area contributed by atoms with Crippen LogP contribution in [-0.2, 0) is 9.53 Å². The third-order valence-corrected chi connectivity index (χ3v) is 7.76. The van der Waals surface area contributed by atoms with Gasteiger partial charge in [0.05, 0.1) is 19.2 Å². The molecule has 2 aromatic carbocycles. The van der Waals surface area contributed by atoms with Crippen LogP contribution in [0.1, 0.15) is 50.5 Å². The number of aryl methyl sites for hydroxylation is 1. The van der Waals surface area contributed by atoms with Crippen molar-refractivity contribution >= 4 is 40.6 Å². The van der Waals surface area contributed by atoms with Gasteiger partial charge in [0.1, 0.15) is 21.7 Å². The predicted molar refractivity (Wildman–Crippen MR) is 136 cm³/mol. The summed E-state index contributed by atoms with van der Waals surface area (Å²) in [6.07, 6.45) is -0.200. The molecule has 0 spiro atoms. The SMILES string of the molecule is COC(=O)C[C@@H]1N=C(c2ccc(Cl)cc2)c2c(sc(C(=O)Oc3c(F)c(F)c(F)c(F)c3F)c2C)-n2c(C)nnc21. The average molecular weight is 611 g/mol. The quantitative estimate of drug-likeness (QED) is 0.0909. The van der Waals surface area contributed by atoms with Gasteiger partial charge in [-0.2, -0.15) is 8.78 Å². The van der Waals surface area contributed by atoms with Crippen LogP contribution in [0.15, 0.2) is 29.3 Å². The first kappa shape index (κ1) is 28.4. The van der Waals surface area contributed by atoms with E-state index in [0.29, 0.717) is 32.7 Å². The van der Waals surface area contributed by atoms with E-state index in [1.54, 1.807) is 35.8 Å². The third-order valence-electron chi connectivity index (χ3n) is 6.26. The van der Waals surface area contributed by atoms with Crippen molar-refractivity contribution in [2.75, 3.05) is 7.11 Å². The molecule has 2 aromatic heterocycles. The maximum Gasteiger partial charge on any atom is 0.354 e. The van der Waals surface area contributed by atoms with Gasteiger partial charge in [0.15, 0.2) is 5.82 Å². The number of halogens is 6. The summed E-state index contributed by atoms with van der Waals surface area (Å²) in [5, 5.41) is 9.02. The van der Waals surface area contributed by atoms with E-state index in [1.807, 2.05) is 0 Å². The molecular weight excluding hydrogens is 595 g/mol. The number of carbonyl (C=O) groups excluding carboxylic acids is 2. The number of carbonyl (C=O) groups is 2. The minimum Gasteiger partial charge on any atom is -0.469 e. The summed E-state index contributed by atoms with van der Waals surface area (Å²) >= 11 is 6.86. The van der Waals surface area contributed by atoms with Gasteiger partial charge < -0.3 is 9.47 Å². The monoisotopic (exact) mass is 610 g/mol. The number of ether oxygens (including phenoxy) is 2. The van der Waals surface area contributed by atoms with Gasteiger partial charge in [0.2, 0.25) is 34.8 Å². The van der Waals surface area contributed by atoms with Gasteiger partial charge in [-0.15, -0.1) is 21.5 Å². The lowest BCUT2D eigenvalue weighted by Gasteiger charge is -2.12. The second-order valence-corrected chi connectivity index (χ2v) is 10.2. The highest BCUT2D eigenvalue weighted by Crippen LogP contribution is 2.41. The summed E-state index contributed by atoms with van der Waals surface area (Å²) in [4.78, 5) is 30.0. The van der Waals surface area contributed by atoms with Crippen LogP contribution in [0.5, 0.6) is 5.75 Å². The van der Waals surface area contributed by atoms with Crippen LogP contribution >= 0.6 is 22.9 Å². The van der Waals surface area contributed by atoms with E-state index in [2.05, 4.69) is 10.2 Å². The molecule has 0 fully saturated rings. The molecule has 0 radical (unpaired) electrons. The molecule has 15 heteroatoms. The molecule has 1 aliphatic heterocycles. The molecule has 3 heterocycles. The molecule has 8 nitrogen and oxygen atoms in total. The van der Waals surface area contributed by atoms with Crippen molar-refractivity contribution < 1.29 is 41.0 Å². The Morgan fingerprint density at radius 2 is 1.59 bits per heavy atom. The zero-order valence-corrected chi connectivity index (χ0v) is 22.8. The lowest BCUT2D eigenvalue weighted by atomic mass is 9.99. The zero-order valence-electron chi connectivity index (χ0n) is 21.2. The van der Waals surface area contributed by atoms with E-state index in [0.717, 1.165) is 11.3 Å². The summed E-state index contributed by atoms with van der Waals surface area (Å²) in [7, 11) is 1.22. The molecule has 0 aliphatic carbocycles. The topological polar surface area (TPSA) is 95.7 Å². The van der Waals surface area contributed by atoms with E-state index in [4.69, 9.17) is 26.1 Å². The van der Waals surface area contributed by atoms with Gasteiger partial charge in [-0.3, -0.25) is 14.4 Å². The zero-order chi connectivity index (χ0) is 29.7. The normalized spacial score (nSPS) is 14.2. The van der Waals surface area contributed by atoms with Gasteiger partial charge in [-0.25, -0.2) is 18.0 Å². The molecule has 0 bridgehead atoms. The van der Waals surface area contributed by atoms with Crippen molar-refractivity contribution in [1.29, 1.82) is 0 Å². The molecule has 1 aliphatic rings. The van der Waals surface area contributed by atoms with Crippen molar-refractivity contribution in [3.8, 4) is 10.8 Å². The van der Waals surface area contributed by atoms with E-state index < -0.39 is 52.8 Å². The van der Waals surface area contributed by atoms with Crippen molar-refractivity contribution in [2.45, 2.75) is 26.3 Å². The number of esters is 2. The van der Waals surface area contributed by atoms with E-state index in [-0.39, 0.29) is 22.7 Å². The minimum absolute atomic E-state index is 0.200. The molecule has 1 atom stereocenters. The third kappa shape index (κ3) is 4.76. The molecule has 5 rings (SSSR count). The Hall–Kier alpha value is -4.17. The second-order valence-electron chi connectivity index (χ2n) is 8.75. The van der Waals surface area contributed by atoms with Gasteiger partial charge in [-0.1, -0.05) is 23.7 Å². The van der Waals surface area contributed by atoms with Crippen molar-refractivity contribution in [3.63, 3.8) is 0 Å². The fourth-order valence-corrected chi connectivity index (χ4v) is 5.64. The molecule has 212 valence electrons. The Morgan fingerprint density at radius 1 is 0.976 bits per heavy atom. The largest absolute Gasteiger partial charge is 0.469 e. The van der Waals surface area contributed by atoms with Crippen molar-refractivity contribution in [1.82, 2.24) is 14.8 Å². The van der Waals surface area contributed by atoms with E-state index in [1.165, 1.54) is 14.0 Å². The van der Waals surface area contributed by atoms with E-state index in [9.17, 15) is 31.5 Å². The van der Waals surface area contributed by atoms with E-state index >= 15 is 0 Å². The van der Waals surface area contributed by atoms with Gasteiger partial charge in [-0.05, 0) is 31.5 Å². The molecule has 0 amide bonds. The highest BCUT2D eigenvalue weighted by Gasteiger charge is 2.36. The molecular formula is C26H16ClF5N4O4S. The van der Waals surface area contributed by atoms with Crippen LogP contribution in [0.25, 0.3) is 5.00 Å². The number of thiophene rings is 1. The van der Waals surface area contributed by atoms with Crippen molar-refractivity contribution in [2.24, 2.45) is 4.99 Å². The Labute approximate surface area is 237 Å². The Balaban J connectivity index is 1.71. The van der Waals surface area contributed by atoms with Crippen LogP contribution in [0, 0.1) is 42.9 Å². The first-order chi connectivity index (χ1) is 19.4. The number of aliphatic imine (C=N–C) groups is 1. The van der Waals surface area contributed by atoms with Crippen LogP contribution in [0.3, 0.4) is 0 Å². The second kappa shape index (κ2) is 10.7. The predicted octanol–water partition coefficient (Wildman–Crippen LogP) is 5.97. The van der Waals surface area contributed by atoms with Gasteiger partial charge in [0.25, 0.3) is 0 Å². The Morgan fingerprint density at radius 3 is 2.20 bits per heavy atom. The summed E-state index contributed by atoms with van der Waals surface area (Å²) in [6.45, 7) is 3.11. The number of benzene rings is 2. The van der Waals surface area contributed by atoms with Crippen LogP contribution in [0.2, 0.25) is 5.02 Å². The molecule has 0 saturated heterocycles. The molecule has 0 unspecified atom stereocenters. The number of nitrogens with zero attached hydrogens (tertiary/aromatic N) is 4. The number of hydrogen-bond donors (Lipinski definition) is 0. The first-order valence-electron chi connectivity index (χ1n) is 11.6. The Bertz CT molecular complexity index is 1740. The first-order valence-corrected chi connectivity index (χ1v) is 12.8. The smallest absolute Gasteiger partial charge is 0.354 e. The van der Waals surface area contributed by atoms with Crippen molar-refractivity contribution in [3.05, 3.63) is 91.6 Å². The summed E-state index contributed by atoms with van der Waals surface area (Å²) < 4.78 is 80.6. The fourth-order valence-electron chi connectivity index (χ4n) is 4.27. The van der Waals surface area contributed by atoms with Gasteiger partial charge >= 0.3 is 11.9 Å². The summed E-state index contributed by atoms with van der Waals surface area (Å²) in [6, 6.07) is 5.65. The number of hydrogen-bond acceptors (Lipinski definition) is 8. The van der Waals surface area contributed by atoms with Crippen LogP contribution in [-0.4, -0.2) is 39.5 Å². The number of aromatic nitrogens is 3.